The molecule has 4 rings (SSSR count). The van der Waals surface area contributed by atoms with Crippen LogP contribution in [0.25, 0.3) is 22.6 Å². The largest absolute Gasteiger partial charge is 0.440 e. The first-order valence-corrected chi connectivity index (χ1v) is 8.38. The zero-order valence-electron chi connectivity index (χ0n) is 13.1. The first kappa shape index (κ1) is 14.2. The maximum atomic E-state index is 6.26. The van der Waals surface area contributed by atoms with E-state index in [1.807, 2.05) is 30.3 Å². The zero-order chi connectivity index (χ0) is 15.5. The Morgan fingerprint density at radius 1 is 0.826 bits per heavy atom. The third kappa shape index (κ3) is 2.91. The summed E-state index contributed by atoms with van der Waals surface area (Å²) in [4.78, 5) is 9.00. The van der Waals surface area contributed by atoms with E-state index in [1.165, 1.54) is 32.1 Å². The molecule has 23 heavy (non-hydrogen) atoms. The van der Waals surface area contributed by atoms with Gasteiger partial charge in [-0.25, -0.2) is 4.98 Å². The van der Waals surface area contributed by atoms with Crippen molar-refractivity contribution in [3.63, 3.8) is 0 Å². The van der Waals surface area contributed by atoms with Crippen molar-refractivity contribution in [2.24, 2.45) is 0 Å². The quantitative estimate of drug-likeness (QED) is 0.645. The van der Waals surface area contributed by atoms with E-state index in [4.69, 9.17) is 9.40 Å². The number of hydrogen-bond acceptors (Lipinski definition) is 3. The number of rotatable bonds is 3. The summed E-state index contributed by atoms with van der Waals surface area (Å²) in [5, 5.41) is 0. The highest BCUT2D eigenvalue weighted by Crippen LogP contribution is 2.38. The van der Waals surface area contributed by atoms with Gasteiger partial charge in [0.05, 0.1) is 0 Å². The van der Waals surface area contributed by atoms with Gasteiger partial charge >= 0.3 is 0 Å². The summed E-state index contributed by atoms with van der Waals surface area (Å²) >= 11 is 0. The van der Waals surface area contributed by atoms with Gasteiger partial charge < -0.3 is 4.42 Å². The molecule has 0 aliphatic heterocycles. The van der Waals surface area contributed by atoms with Gasteiger partial charge in [-0.3, -0.25) is 4.98 Å². The van der Waals surface area contributed by atoms with Crippen molar-refractivity contribution in [2.75, 3.05) is 0 Å². The number of pyridine rings is 1. The molecule has 2 aromatic heterocycles. The zero-order valence-corrected chi connectivity index (χ0v) is 13.1. The van der Waals surface area contributed by atoms with E-state index >= 15 is 0 Å². The minimum Gasteiger partial charge on any atom is -0.440 e. The molecule has 1 aliphatic rings. The molecule has 1 saturated carbocycles. The maximum Gasteiger partial charge on any atom is 0.198 e. The molecule has 0 bridgehead atoms. The van der Waals surface area contributed by atoms with Crippen LogP contribution in [-0.4, -0.2) is 9.97 Å². The van der Waals surface area contributed by atoms with Gasteiger partial charge in [-0.1, -0.05) is 49.6 Å². The fourth-order valence-electron chi connectivity index (χ4n) is 3.35. The third-order valence-electron chi connectivity index (χ3n) is 4.59. The molecule has 3 aromatic rings. The van der Waals surface area contributed by atoms with Crippen LogP contribution in [-0.2, 0) is 0 Å². The Balaban J connectivity index is 1.81. The Labute approximate surface area is 136 Å². The predicted octanol–water partition coefficient (Wildman–Crippen LogP) is 5.45. The lowest BCUT2D eigenvalue weighted by Crippen LogP contribution is -2.04. The van der Waals surface area contributed by atoms with Crippen molar-refractivity contribution in [1.82, 2.24) is 9.97 Å². The van der Waals surface area contributed by atoms with Crippen LogP contribution in [0.15, 0.2) is 59.3 Å². The number of nitrogens with zero attached hydrogens (tertiary/aromatic N) is 2. The second-order valence-electron chi connectivity index (χ2n) is 6.17. The van der Waals surface area contributed by atoms with Crippen LogP contribution < -0.4 is 0 Å². The molecule has 0 unspecified atom stereocenters. The molecular formula is C20H20N2O. The van der Waals surface area contributed by atoms with Gasteiger partial charge in [-0.05, 0) is 25.0 Å². The van der Waals surface area contributed by atoms with Gasteiger partial charge in [0.15, 0.2) is 11.7 Å². The van der Waals surface area contributed by atoms with Crippen LogP contribution >= 0.6 is 0 Å². The molecule has 0 amide bonds. The summed E-state index contributed by atoms with van der Waals surface area (Å²) in [5.41, 5.74) is 3.08. The third-order valence-corrected chi connectivity index (χ3v) is 4.59. The average Bonchev–Trinajstić information content (AvgIpc) is 3.09. The van der Waals surface area contributed by atoms with Gasteiger partial charge in [0, 0.05) is 29.4 Å². The molecule has 1 aromatic carbocycles. The summed E-state index contributed by atoms with van der Waals surface area (Å²) in [6, 6.07) is 14.3. The predicted molar refractivity (Wildman–Crippen MR) is 91.0 cm³/mol. The van der Waals surface area contributed by atoms with E-state index in [0.717, 1.165) is 28.5 Å². The fraction of sp³-hybridized carbons (Fsp3) is 0.300. The molecule has 0 N–H and O–H groups in total. The Morgan fingerprint density at radius 2 is 1.57 bits per heavy atom. The second-order valence-corrected chi connectivity index (χ2v) is 6.17. The molecular weight excluding hydrogens is 284 g/mol. The molecule has 0 spiro atoms. The van der Waals surface area contributed by atoms with Crippen LogP contribution in [0.1, 0.15) is 43.9 Å². The van der Waals surface area contributed by atoms with Crippen LogP contribution in [0.4, 0.5) is 0 Å². The minimum absolute atomic E-state index is 0.460. The Kier molecular flexibility index (Phi) is 3.93. The molecule has 0 radical (unpaired) electrons. The van der Waals surface area contributed by atoms with Gasteiger partial charge in [-0.15, -0.1) is 0 Å². The highest BCUT2D eigenvalue weighted by atomic mass is 16.4. The van der Waals surface area contributed by atoms with E-state index in [2.05, 4.69) is 17.1 Å². The van der Waals surface area contributed by atoms with Gasteiger partial charge in [0.2, 0.25) is 0 Å². The van der Waals surface area contributed by atoms with Gasteiger partial charge in [0.25, 0.3) is 0 Å². The SMILES string of the molecule is c1ccc(-c2nc(C3CCCCC3)oc2-c2ccncc2)cc1. The summed E-state index contributed by atoms with van der Waals surface area (Å²) in [6.07, 6.45) is 9.85. The lowest BCUT2D eigenvalue weighted by molar-refractivity contribution is 0.367. The van der Waals surface area contributed by atoms with Crippen molar-refractivity contribution >= 4 is 0 Å². The van der Waals surface area contributed by atoms with E-state index < -0.39 is 0 Å². The fourth-order valence-corrected chi connectivity index (χ4v) is 3.35. The van der Waals surface area contributed by atoms with Crippen LogP contribution in [0.5, 0.6) is 0 Å². The minimum atomic E-state index is 0.460. The summed E-state index contributed by atoms with van der Waals surface area (Å²) in [6.45, 7) is 0. The first-order chi connectivity index (χ1) is 11.4. The van der Waals surface area contributed by atoms with Gasteiger partial charge in [-0.2, -0.15) is 0 Å². The average molecular weight is 304 g/mol. The number of aromatic nitrogens is 2. The van der Waals surface area contributed by atoms with Crippen molar-refractivity contribution < 1.29 is 4.42 Å². The van der Waals surface area contributed by atoms with E-state index in [9.17, 15) is 0 Å². The Morgan fingerprint density at radius 3 is 2.30 bits per heavy atom. The molecule has 3 nitrogen and oxygen atoms in total. The molecule has 0 atom stereocenters. The van der Waals surface area contributed by atoms with E-state index in [0.29, 0.717) is 5.92 Å². The number of hydrogen-bond donors (Lipinski definition) is 0. The standard InChI is InChI=1S/C20H20N2O/c1-3-7-15(8-4-1)18-19(16-11-13-21-14-12-16)23-20(22-18)17-9-5-2-6-10-17/h1,3-4,7-8,11-14,17H,2,5-6,9-10H2. The monoisotopic (exact) mass is 304 g/mol. The van der Waals surface area contributed by atoms with Crippen molar-refractivity contribution in [2.45, 2.75) is 38.0 Å². The summed E-state index contributed by atoms with van der Waals surface area (Å²) in [7, 11) is 0. The van der Waals surface area contributed by atoms with E-state index in [1.54, 1.807) is 12.4 Å². The van der Waals surface area contributed by atoms with Crippen molar-refractivity contribution in [1.29, 1.82) is 0 Å². The molecule has 0 saturated heterocycles. The summed E-state index contributed by atoms with van der Waals surface area (Å²) < 4.78 is 6.26. The maximum absolute atomic E-state index is 6.26. The highest BCUT2D eigenvalue weighted by molar-refractivity contribution is 5.76. The van der Waals surface area contributed by atoms with Gasteiger partial charge in [0.1, 0.15) is 5.69 Å². The van der Waals surface area contributed by atoms with Crippen molar-refractivity contribution in [3.05, 3.63) is 60.7 Å². The first-order valence-electron chi connectivity index (χ1n) is 8.38. The molecule has 1 fully saturated rings. The smallest absolute Gasteiger partial charge is 0.198 e. The topological polar surface area (TPSA) is 38.9 Å². The molecule has 1 aliphatic carbocycles. The van der Waals surface area contributed by atoms with Crippen molar-refractivity contribution in [3.8, 4) is 22.6 Å². The molecule has 2 heterocycles. The summed E-state index contributed by atoms with van der Waals surface area (Å²) in [5.74, 6) is 2.22. The molecule has 116 valence electrons. The van der Waals surface area contributed by atoms with Crippen LogP contribution in [0.3, 0.4) is 0 Å². The number of benzene rings is 1. The van der Waals surface area contributed by atoms with E-state index in [-0.39, 0.29) is 0 Å². The lowest BCUT2D eigenvalue weighted by Gasteiger charge is -2.17. The normalized spacial score (nSPS) is 15.7. The van der Waals surface area contributed by atoms with Crippen LogP contribution in [0, 0.1) is 0 Å². The number of oxazole rings is 1. The van der Waals surface area contributed by atoms with Crippen LogP contribution in [0.2, 0.25) is 0 Å². The Bertz CT molecular complexity index is 702. The molecule has 3 heteroatoms. The second kappa shape index (κ2) is 6.37. The lowest BCUT2D eigenvalue weighted by atomic mass is 9.89. The Hall–Kier alpha value is -2.42. The highest BCUT2D eigenvalue weighted by Gasteiger charge is 2.24.